The van der Waals surface area contributed by atoms with Gasteiger partial charge in [0.25, 0.3) is 5.91 Å². The van der Waals surface area contributed by atoms with Crippen LogP contribution in [0.25, 0.3) is 6.08 Å². The number of rotatable bonds is 4. The van der Waals surface area contributed by atoms with Gasteiger partial charge in [0.2, 0.25) is 5.91 Å². The minimum Gasteiger partial charge on any atom is -0.493 e. The van der Waals surface area contributed by atoms with E-state index >= 15 is 0 Å². The molecule has 1 unspecified atom stereocenters. The van der Waals surface area contributed by atoms with Gasteiger partial charge in [-0.2, -0.15) is 0 Å². The smallest absolute Gasteiger partial charge is 0.270 e. The zero-order valence-electron chi connectivity index (χ0n) is 15.4. The van der Waals surface area contributed by atoms with Crippen molar-refractivity contribution in [3.8, 4) is 11.5 Å². The van der Waals surface area contributed by atoms with E-state index in [4.69, 9.17) is 9.47 Å². The summed E-state index contributed by atoms with van der Waals surface area (Å²) in [6.07, 6.45) is 10.0. The highest BCUT2D eigenvalue weighted by Gasteiger charge is 2.23. The van der Waals surface area contributed by atoms with Crippen LogP contribution >= 0.6 is 0 Å². The van der Waals surface area contributed by atoms with E-state index in [1.807, 2.05) is 19.1 Å². The largest absolute Gasteiger partial charge is 0.493 e. The van der Waals surface area contributed by atoms with Gasteiger partial charge < -0.3 is 14.8 Å². The van der Waals surface area contributed by atoms with Crippen LogP contribution in [0, 0.1) is 5.92 Å². The first-order valence-electron chi connectivity index (χ1n) is 8.42. The van der Waals surface area contributed by atoms with E-state index in [1.54, 1.807) is 50.7 Å². The van der Waals surface area contributed by atoms with Crippen molar-refractivity contribution < 1.29 is 19.1 Å². The molecule has 0 spiro atoms. The van der Waals surface area contributed by atoms with Crippen molar-refractivity contribution in [1.82, 2.24) is 5.32 Å². The number of hydrogen-bond donors (Lipinski definition) is 1. The Morgan fingerprint density at radius 1 is 1.19 bits per heavy atom. The molecule has 1 aromatic rings. The number of carbonyl (C=O) groups excluding carboxylic acids is 2. The van der Waals surface area contributed by atoms with Gasteiger partial charge in [-0.1, -0.05) is 17.7 Å². The molecule has 2 aliphatic rings. The van der Waals surface area contributed by atoms with Gasteiger partial charge in [0.1, 0.15) is 0 Å². The number of aliphatic imine (C=N–C) groups is 1. The van der Waals surface area contributed by atoms with Crippen LogP contribution in [0.3, 0.4) is 0 Å². The fourth-order valence-corrected chi connectivity index (χ4v) is 2.94. The van der Waals surface area contributed by atoms with E-state index in [0.29, 0.717) is 17.2 Å². The van der Waals surface area contributed by atoms with Crippen molar-refractivity contribution in [1.29, 1.82) is 0 Å². The second kappa shape index (κ2) is 7.86. The SMILES string of the molecule is COc1ccc(/C=C\C(=O)N=C2C=CC3C(C)=CC(=O)NC3=C2)cc1OC. The molecule has 1 heterocycles. The highest BCUT2D eigenvalue weighted by atomic mass is 16.5. The molecule has 3 rings (SSSR count). The molecule has 2 amide bonds. The molecule has 27 heavy (non-hydrogen) atoms. The van der Waals surface area contributed by atoms with Gasteiger partial charge in [-0.15, -0.1) is 0 Å². The van der Waals surface area contributed by atoms with Crippen molar-refractivity contribution in [3.63, 3.8) is 0 Å². The zero-order valence-corrected chi connectivity index (χ0v) is 15.4. The first kappa shape index (κ1) is 18.4. The molecule has 0 bridgehead atoms. The summed E-state index contributed by atoms with van der Waals surface area (Å²) in [7, 11) is 3.12. The maximum Gasteiger partial charge on any atom is 0.270 e. The van der Waals surface area contributed by atoms with Crippen LogP contribution in [-0.2, 0) is 9.59 Å². The fraction of sp³-hybridized carbons (Fsp3) is 0.190. The van der Waals surface area contributed by atoms with Crippen molar-refractivity contribution in [2.45, 2.75) is 6.92 Å². The van der Waals surface area contributed by atoms with E-state index < -0.39 is 5.91 Å². The van der Waals surface area contributed by atoms with Crippen molar-refractivity contribution >= 4 is 23.6 Å². The van der Waals surface area contributed by atoms with Crippen LogP contribution in [0.2, 0.25) is 0 Å². The van der Waals surface area contributed by atoms with Crippen LogP contribution in [0.4, 0.5) is 0 Å². The number of hydrogen-bond acceptors (Lipinski definition) is 4. The lowest BCUT2D eigenvalue weighted by Crippen LogP contribution is -2.32. The number of ether oxygens (including phenoxy) is 2. The van der Waals surface area contributed by atoms with Gasteiger partial charge in [-0.3, -0.25) is 9.59 Å². The molecule has 0 fully saturated rings. The second-order valence-corrected chi connectivity index (χ2v) is 6.14. The molecule has 0 saturated heterocycles. The van der Waals surface area contributed by atoms with Gasteiger partial charge in [-0.25, -0.2) is 4.99 Å². The number of methoxy groups -OCH3 is 2. The summed E-state index contributed by atoms with van der Waals surface area (Å²) >= 11 is 0. The Kier molecular flexibility index (Phi) is 5.35. The lowest BCUT2D eigenvalue weighted by molar-refractivity contribution is -0.116. The third kappa shape index (κ3) is 4.23. The number of carbonyl (C=O) groups is 2. The molecular weight excluding hydrogens is 344 g/mol. The Balaban J connectivity index is 1.74. The molecule has 0 aromatic heterocycles. The molecular formula is C21H20N2O4. The Morgan fingerprint density at radius 3 is 2.70 bits per heavy atom. The molecule has 0 saturated carbocycles. The highest BCUT2D eigenvalue weighted by molar-refractivity contribution is 6.13. The van der Waals surface area contributed by atoms with Crippen molar-refractivity contribution in [2.24, 2.45) is 10.9 Å². The molecule has 1 aromatic carbocycles. The van der Waals surface area contributed by atoms with Gasteiger partial charge in [0.05, 0.1) is 19.9 Å². The van der Waals surface area contributed by atoms with Crippen LogP contribution in [-0.4, -0.2) is 31.7 Å². The van der Waals surface area contributed by atoms with Crippen LogP contribution in [0.1, 0.15) is 12.5 Å². The molecule has 6 nitrogen and oxygen atoms in total. The van der Waals surface area contributed by atoms with E-state index in [0.717, 1.165) is 16.8 Å². The predicted molar refractivity (Wildman–Crippen MR) is 104 cm³/mol. The molecule has 1 aliphatic heterocycles. The lowest BCUT2D eigenvalue weighted by atomic mass is 9.89. The van der Waals surface area contributed by atoms with Crippen molar-refractivity contribution in [3.05, 3.63) is 65.4 Å². The highest BCUT2D eigenvalue weighted by Crippen LogP contribution is 2.28. The van der Waals surface area contributed by atoms with Gasteiger partial charge in [-0.05, 0) is 42.8 Å². The summed E-state index contributed by atoms with van der Waals surface area (Å²) in [5.74, 6) is 0.673. The normalized spacial score (nSPS) is 20.0. The first-order valence-corrected chi connectivity index (χ1v) is 8.42. The van der Waals surface area contributed by atoms with Gasteiger partial charge >= 0.3 is 0 Å². The first-order chi connectivity index (χ1) is 13.0. The van der Waals surface area contributed by atoms with Crippen LogP contribution in [0.5, 0.6) is 11.5 Å². The minimum atomic E-state index is -0.394. The van der Waals surface area contributed by atoms with E-state index in [1.165, 1.54) is 6.08 Å². The summed E-state index contributed by atoms with van der Waals surface area (Å²) in [5.41, 5.74) is 2.98. The minimum absolute atomic E-state index is 0.0269. The number of benzene rings is 1. The van der Waals surface area contributed by atoms with E-state index in [-0.39, 0.29) is 11.8 Å². The van der Waals surface area contributed by atoms with Crippen LogP contribution in [0.15, 0.2) is 64.8 Å². The second-order valence-electron chi connectivity index (χ2n) is 6.14. The number of allylic oxidation sites excluding steroid dienone is 3. The fourth-order valence-electron chi connectivity index (χ4n) is 2.94. The molecule has 6 heteroatoms. The molecule has 0 radical (unpaired) electrons. The molecule has 1 atom stereocenters. The molecule has 1 N–H and O–H groups in total. The Labute approximate surface area is 157 Å². The van der Waals surface area contributed by atoms with E-state index in [2.05, 4.69) is 10.3 Å². The number of nitrogens with zero attached hydrogens (tertiary/aromatic N) is 1. The Morgan fingerprint density at radius 2 is 1.96 bits per heavy atom. The molecule has 138 valence electrons. The summed E-state index contributed by atoms with van der Waals surface area (Å²) in [6, 6.07) is 5.36. The average molecular weight is 364 g/mol. The maximum absolute atomic E-state index is 12.2. The lowest BCUT2D eigenvalue weighted by Gasteiger charge is -2.25. The van der Waals surface area contributed by atoms with Crippen molar-refractivity contribution in [2.75, 3.05) is 14.2 Å². The average Bonchev–Trinajstić information content (AvgIpc) is 2.65. The topological polar surface area (TPSA) is 77.0 Å². The maximum atomic E-state index is 12.2. The molecule has 1 aliphatic carbocycles. The summed E-state index contributed by atoms with van der Waals surface area (Å²) < 4.78 is 10.4. The van der Waals surface area contributed by atoms with Gasteiger partial charge in [0.15, 0.2) is 11.5 Å². The Bertz CT molecular complexity index is 936. The van der Waals surface area contributed by atoms with Gasteiger partial charge in [0, 0.05) is 23.8 Å². The number of nitrogens with one attached hydrogen (secondary N) is 1. The summed E-state index contributed by atoms with van der Waals surface area (Å²) in [4.78, 5) is 27.9. The standard InChI is InChI=1S/C21H20N2O4/c1-13-10-21(25)23-17-12-15(6-7-16(13)17)22-20(24)9-5-14-4-8-18(26-2)19(11-14)27-3/h4-12,16H,1-3H3,(H,23,25)/b9-5-,22-15?. The predicted octanol–water partition coefficient (Wildman–Crippen LogP) is 2.83. The third-order valence-corrected chi connectivity index (χ3v) is 4.28. The zero-order chi connectivity index (χ0) is 19.4. The third-order valence-electron chi connectivity index (χ3n) is 4.28. The quantitative estimate of drug-likeness (QED) is 0.834. The summed E-state index contributed by atoms with van der Waals surface area (Å²) in [6.45, 7) is 1.90. The Hall–Kier alpha value is -3.41. The van der Waals surface area contributed by atoms with E-state index in [9.17, 15) is 9.59 Å². The monoisotopic (exact) mass is 364 g/mol. The number of amides is 2. The van der Waals surface area contributed by atoms with Crippen LogP contribution < -0.4 is 14.8 Å². The summed E-state index contributed by atoms with van der Waals surface area (Å²) in [5, 5.41) is 2.79. The number of fused-ring (bicyclic) bond motifs is 1.